The Kier molecular flexibility index (Phi) is 3.06. The summed E-state index contributed by atoms with van der Waals surface area (Å²) in [6.45, 7) is 3.07. The van der Waals surface area contributed by atoms with Crippen molar-refractivity contribution in [1.82, 2.24) is 4.90 Å². The summed E-state index contributed by atoms with van der Waals surface area (Å²) in [5.41, 5.74) is 5.05. The van der Waals surface area contributed by atoms with Crippen molar-refractivity contribution in [2.24, 2.45) is 11.1 Å². The summed E-state index contributed by atoms with van der Waals surface area (Å²) in [5, 5.41) is 12.9. The van der Waals surface area contributed by atoms with Crippen LogP contribution in [0.4, 0.5) is 0 Å². The Labute approximate surface area is 130 Å². The Balaban J connectivity index is 1.85. The van der Waals surface area contributed by atoms with E-state index >= 15 is 0 Å². The number of carbonyl (C=O) groups excluding carboxylic acids is 1. The number of benzene rings is 1. The molecule has 1 N–H and O–H groups in total. The second-order valence-electron chi connectivity index (χ2n) is 6.67. The summed E-state index contributed by atoms with van der Waals surface area (Å²) in [4.78, 5) is 14.8. The number of rotatable bonds is 0. The predicted octanol–water partition coefficient (Wildman–Crippen LogP) is 3.07. The van der Waals surface area contributed by atoms with Crippen molar-refractivity contribution in [3.05, 3.63) is 46.7 Å². The fourth-order valence-electron chi connectivity index (χ4n) is 4.24. The molecule has 0 saturated carbocycles. The molecule has 0 unspecified atom stereocenters. The molecule has 1 aromatic carbocycles. The third-order valence-corrected chi connectivity index (χ3v) is 5.20. The Morgan fingerprint density at radius 3 is 2.86 bits per heavy atom. The van der Waals surface area contributed by atoms with Gasteiger partial charge in [-0.25, -0.2) is 0 Å². The Morgan fingerprint density at radius 2 is 2.05 bits per heavy atom. The normalized spacial score (nSPS) is 29.2. The number of oxime groups is 1. The van der Waals surface area contributed by atoms with E-state index < -0.39 is 0 Å². The van der Waals surface area contributed by atoms with Crippen LogP contribution in [-0.2, 0) is 11.2 Å². The molecule has 0 fully saturated rings. The summed E-state index contributed by atoms with van der Waals surface area (Å²) in [6.07, 6.45) is 3.09. The molecule has 0 aromatic heterocycles. The maximum atomic E-state index is 12.5. The number of Topliss-reactive ketones (excluding diaryl/α,β-unsaturated/α-hetero) is 1. The van der Waals surface area contributed by atoms with Crippen LogP contribution in [0.3, 0.4) is 0 Å². The summed E-state index contributed by atoms with van der Waals surface area (Å²) in [7, 11) is 0. The lowest BCUT2D eigenvalue weighted by atomic mass is 9.77. The van der Waals surface area contributed by atoms with Gasteiger partial charge < -0.3 is 10.1 Å². The van der Waals surface area contributed by atoms with E-state index in [1.165, 1.54) is 11.1 Å². The number of hydrogen-bond donors (Lipinski definition) is 1. The van der Waals surface area contributed by atoms with Crippen molar-refractivity contribution < 1.29 is 10.0 Å². The molecule has 114 valence electrons. The lowest BCUT2D eigenvalue weighted by Gasteiger charge is -2.46. The van der Waals surface area contributed by atoms with Crippen molar-refractivity contribution in [2.45, 2.75) is 38.6 Å². The first kappa shape index (κ1) is 13.6. The molecule has 3 aliphatic rings. The minimum atomic E-state index is 0.138. The molecule has 4 nitrogen and oxygen atoms in total. The maximum Gasteiger partial charge on any atom is 0.166 e. The zero-order valence-corrected chi connectivity index (χ0v) is 12.7. The topological polar surface area (TPSA) is 52.9 Å². The smallest absolute Gasteiger partial charge is 0.166 e. The molecule has 22 heavy (non-hydrogen) atoms. The zero-order chi connectivity index (χ0) is 15.3. The third kappa shape index (κ3) is 1.90. The summed E-state index contributed by atoms with van der Waals surface area (Å²) in [6, 6.07) is 8.70. The first-order valence-electron chi connectivity index (χ1n) is 8.01. The fraction of sp³-hybridized carbons (Fsp3) is 0.444. The molecular formula is C18H20N2O2. The highest BCUT2D eigenvalue weighted by Gasteiger charge is 2.41. The average molecular weight is 296 g/mol. The summed E-state index contributed by atoms with van der Waals surface area (Å²) < 4.78 is 0. The lowest BCUT2D eigenvalue weighted by Crippen LogP contribution is -2.44. The van der Waals surface area contributed by atoms with Gasteiger partial charge in [0.25, 0.3) is 0 Å². The van der Waals surface area contributed by atoms with Crippen molar-refractivity contribution in [3.63, 3.8) is 0 Å². The molecule has 2 heterocycles. The van der Waals surface area contributed by atoms with E-state index in [4.69, 9.17) is 0 Å². The molecule has 0 bridgehead atoms. The van der Waals surface area contributed by atoms with Crippen LogP contribution in [-0.4, -0.2) is 28.1 Å². The van der Waals surface area contributed by atoms with E-state index in [0.717, 1.165) is 25.1 Å². The fourth-order valence-corrected chi connectivity index (χ4v) is 4.24. The van der Waals surface area contributed by atoms with Crippen LogP contribution in [0.2, 0.25) is 0 Å². The minimum absolute atomic E-state index is 0.138. The molecule has 0 spiro atoms. The van der Waals surface area contributed by atoms with E-state index in [2.05, 4.69) is 41.2 Å². The highest BCUT2D eigenvalue weighted by atomic mass is 16.4. The van der Waals surface area contributed by atoms with Gasteiger partial charge in [-0.3, -0.25) is 4.79 Å². The van der Waals surface area contributed by atoms with Gasteiger partial charge in [0, 0.05) is 25.1 Å². The van der Waals surface area contributed by atoms with Crippen LogP contribution in [0.5, 0.6) is 0 Å². The number of nitrogens with zero attached hydrogens (tertiary/aromatic N) is 2. The van der Waals surface area contributed by atoms with Crippen molar-refractivity contribution >= 4 is 11.5 Å². The molecule has 4 rings (SSSR count). The molecule has 2 aliphatic heterocycles. The van der Waals surface area contributed by atoms with Gasteiger partial charge in [-0.2, -0.15) is 0 Å². The molecule has 0 radical (unpaired) electrons. The Hall–Kier alpha value is -2.10. The van der Waals surface area contributed by atoms with E-state index in [0.29, 0.717) is 30.0 Å². The molecule has 0 amide bonds. The Bertz CT molecular complexity index is 705. The van der Waals surface area contributed by atoms with Gasteiger partial charge in [0.2, 0.25) is 0 Å². The van der Waals surface area contributed by atoms with Gasteiger partial charge >= 0.3 is 0 Å². The van der Waals surface area contributed by atoms with Crippen molar-refractivity contribution in [2.75, 3.05) is 6.54 Å². The quantitative estimate of drug-likeness (QED) is 0.591. The number of hydrogen-bond acceptors (Lipinski definition) is 4. The Morgan fingerprint density at radius 1 is 1.23 bits per heavy atom. The minimum Gasteiger partial charge on any atom is -0.411 e. The summed E-state index contributed by atoms with van der Waals surface area (Å²) >= 11 is 0. The SMILES string of the molecule is C[C@@H]1CC(=O)C2=C(C1)N1CCc3ccccc3[C@@H]1C/C2=N/O. The van der Waals surface area contributed by atoms with Gasteiger partial charge in [-0.15, -0.1) is 0 Å². The van der Waals surface area contributed by atoms with Gasteiger partial charge in [0.05, 0.1) is 17.3 Å². The van der Waals surface area contributed by atoms with Crippen LogP contribution >= 0.6 is 0 Å². The first-order chi connectivity index (χ1) is 10.7. The van der Waals surface area contributed by atoms with E-state index in [9.17, 15) is 10.0 Å². The van der Waals surface area contributed by atoms with Gasteiger partial charge in [-0.05, 0) is 29.9 Å². The average Bonchev–Trinajstić information content (AvgIpc) is 2.53. The molecule has 1 aliphatic carbocycles. The predicted molar refractivity (Wildman–Crippen MR) is 83.9 cm³/mol. The van der Waals surface area contributed by atoms with Crippen LogP contribution in [0, 0.1) is 5.92 Å². The van der Waals surface area contributed by atoms with E-state index in [-0.39, 0.29) is 11.8 Å². The standard InChI is InChI=1S/C18H20N2O2/c1-11-8-16-18(17(21)9-11)14(19-22)10-15-13-5-3-2-4-12(13)6-7-20(15)16/h2-5,11,15,22H,6-10H2,1H3/b19-14-/t11-,15-/m0/s1. The molecule has 2 atom stereocenters. The second kappa shape index (κ2) is 4.97. The second-order valence-corrected chi connectivity index (χ2v) is 6.67. The molecular weight excluding hydrogens is 276 g/mol. The number of ketones is 1. The summed E-state index contributed by atoms with van der Waals surface area (Å²) in [5.74, 6) is 0.501. The number of carbonyl (C=O) groups is 1. The van der Waals surface area contributed by atoms with Crippen LogP contribution < -0.4 is 0 Å². The lowest BCUT2D eigenvalue weighted by molar-refractivity contribution is -0.116. The van der Waals surface area contributed by atoms with Crippen LogP contribution in [0.15, 0.2) is 40.7 Å². The first-order valence-corrected chi connectivity index (χ1v) is 8.01. The van der Waals surface area contributed by atoms with Crippen LogP contribution in [0.1, 0.15) is 43.4 Å². The number of fused-ring (bicyclic) bond motifs is 4. The zero-order valence-electron chi connectivity index (χ0n) is 12.7. The van der Waals surface area contributed by atoms with E-state index in [1.807, 2.05) is 0 Å². The van der Waals surface area contributed by atoms with E-state index in [1.54, 1.807) is 0 Å². The maximum absolute atomic E-state index is 12.5. The van der Waals surface area contributed by atoms with Gasteiger partial charge in [-0.1, -0.05) is 36.3 Å². The van der Waals surface area contributed by atoms with Crippen molar-refractivity contribution in [3.8, 4) is 0 Å². The number of allylic oxidation sites excluding steroid dienone is 2. The monoisotopic (exact) mass is 296 g/mol. The van der Waals surface area contributed by atoms with Crippen molar-refractivity contribution in [1.29, 1.82) is 0 Å². The van der Waals surface area contributed by atoms with Crippen LogP contribution in [0.25, 0.3) is 0 Å². The molecule has 0 saturated heterocycles. The highest BCUT2D eigenvalue weighted by Crippen LogP contribution is 2.44. The largest absolute Gasteiger partial charge is 0.411 e. The highest BCUT2D eigenvalue weighted by molar-refractivity contribution is 6.23. The third-order valence-electron chi connectivity index (χ3n) is 5.20. The molecule has 1 aromatic rings. The molecule has 4 heteroatoms. The van der Waals surface area contributed by atoms with Gasteiger partial charge in [0.15, 0.2) is 5.78 Å². The van der Waals surface area contributed by atoms with Gasteiger partial charge in [0.1, 0.15) is 0 Å².